The summed E-state index contributed by atoms with van der Waals surface area (Å²) in [5.41, 5.74) is 5.91. The molecule has 0 amide bonds. The van der Waals surface area contributed by atoms with Gasteiger partial charge in [0.15, 0.2) is 0 Å². The summed E-state index contributed by atoms with van der Waals surface area (Å²) < 4.78 is 0. The molecule has 0 spiro atoms. The molecule has 96 valence electrons. The van der Waals surface area contributed by atoms with Gasteiger partial charge in [0.25, 0.3) is 0 Å². The Balaban J connectivity index is 2.48. The summed E-state index contributed by atoms with van der Waals surface area (Å²) in [7, 11) is 0. The predicted molar refractivity (Wildman–Crippen MR) is 70.6 cm³/mol. The average molecular weight is 227 g/mol. The standard InChI is InChI=1S/C13H29N3/c1-5-15-6-7-16(10-12(15)4)13(9-14)8-11(2)3/h11-13H,5-10,14H2,1-4H3. The summed E-state index contributed by atoms with van der Waals surface area (Å²) >= 11 is 0. The smallest absolute Gasteiger partial charge is 0.0222 e. The summed E-state index contributed by atoms with van der Waals surface area (Å²) in [6, 6.07) is 1.27. The molecular weight excluding hydrogens is 198 g/mol. The largest absolute Gasteiger partial charge is 0.329 e. The van der Waals surface area contributed by atoms with Gasteiger partial charge in [0.1, 0.15) is 0 Å². The maximum atomic E-state index is 5.91. The van der Waals surface area contributed by atoms with Crippen molar-refractivity contribution < 1.29 is 0 Å². The van der Waals surface area contributed by atoms with Crippen LogP contribution in [0.4, 0.5) is 0 Å². The topological polar surface area (TPSA) is 32.5 Å². The minimum atomic E-state index is 0.585. The van der Waals surface area contributed by atoms with E-state index in [0.717, 1.165) is 12.5 Å². The van der Waals surface area contributed by atoms with Crippen molar-refractivity contribution in [2.24, 2.45) is 11.7 Å². The third kappa shape index (κ3) is 3.72. The highest BCUT2D eigenvalue weighted by molar-refractivity contribution is 4.83. The molecule has 0 bridgehead atoms. The Morgan fingerprint density at radius 1 is 1.31 bits per heavy atom. The lowest BCUT2D eigenvalue weighted by Gasteiger charge is -2.43. The van der Waals surface area contributed by atoms with E-state index in [1.807, 2.05) is 0 Å². The zero-order chi connectivity index (χ0) is 12.1. The molecule has 1 fully saturated rings. The Kier molecular flexibility index (Phi) is 5.73. The highest BCUT2D eigenvalue weighted by atomic mass is 15.3. The molecule has 1 rings (SSSR count). The van der Waals surface area contributed by atoms with Gasteiger partial charge in [-0.3, -0.25) is 9.80 Å². The van der Waals surface area contributed by atoms with Gasteiger partial charge in [0.2, 0.25) is 0 Å². The summed E-state index contributed by atoms with van der Waals surface area (Å²) in [5, 5.41) is 0. The van der Waals surface area contributed by atoms with Crippen LogP contribution in [0.1, 0.15) is 34.1 Å². The van der Waals surface area contributed by atoms with Crippen LogP contribution in [0.25, 0.3) is 0 Å². The average Bonchev–Trinajstić information content (AvgIpc) is 2.25. The van der Waals surface area contributed by atoms with Crippen LogP contribution in [0.2, 0.25) is 0 Å². The van der Waals surface area contributed by atoms with Gasteiger partial charge in [-0.25, -0.2) is 0 Å². The summed E-state index contributed by atoms with van der Waals surface area (Å²) in [6.07, 6.45) is 1.23. The molecule has 16 heavy (non-hydrogen) atoms. The van der Waals surface area contributed by atoms with Gasteiger partial charge in [-0.1, -0.05) is 20.8 Å². The van der Waals surface area contributed by atoms with Crippen molar-refractivity contribution in [1.82, 2.24) is 9.80 Å². The molecule has 0 aromatic rings. The number of piperazine rings is 1. The fourth-order valence-corrected chi connectivity index (χ4v) is 2.76. The van der Waals surface area contributed by atoms with Gasteiger partial charge < -0.3 is 5.73 Å². The molecule has 1 aliphatic rings. The Morgan fingerprint density at radius 3 is 2.44 bits per heavy atom. The Hall–Kier alpha value is -0.120. The molecular formula is C13H29N3. The maximum Gasteiger partial charge on any atom is 0.0222 e. The second-order valence-electron chi connectivity index (χ2n) is 5.49. The molecule has 1 heterocycles. The lowest BCUT2D eigenvalue weighted by atomic mass is 10.0. The van der Waals surface area contributed by atoms with Crippen molar-refractivity contribution in [3.8, 4) is 0 Å². The Bertz CT molecular complexity index is 194. The number of nitrogens with two attached hydrogens (primary N) is 1. The van der Waals surface area contributed by atoms with Crippen LogP contribution in [-0.2, 0) is 0 Å². The zero-order valence-corrected chi connectivity index (χ0v) is 11.4. The Morgan fingerprint density at radius 2 is 2.00 bits per heavy atom. The first-order valence-corrected chi connectivity index (χ1v) is 6.76. The number of hydrogen-bond donors (Lipinski definition) is 1. The molecule has 3 heteroatoms. The number of hydrogen-bond acceptors (Lipinski definition) is 3. The predicted octanol–water partition coefficient (Wildman–Crippen LogP) is 1.39. The van der Waals surface area contributed by atoms with Crippen molar-refractivity contribution in [3.63, 3.8) is 0 Å². The van der Waals surface area contributed by atoms with E-state index in [4.69, 9.17) is 5.73 Å². The van der Waals surface area contributed by atoms with Crippen LogP contribution in [0.5, 0.6) is 0 Å². The second-order valence-corrected chi connectivity index (χ2v) is 5.49. The highest BCUT2D eigenvalue weighted by Crippen LogP contribution is 2.16. The first-order chi connectivity index (χ1) is 7.58. The van der Waals surface area contributed by atoms with Crippen LogP contribution in [-0.4, -0.2) is 54.6 Å². The molecule has 3 nitrogen and oxygen atoms in total. The summed E-state index contributed by atoms with van der Waals surface area (Å²) in [6.45, 7) is 14.7. The van der Waals surface area contributed by atoms with Gasteiger partial charge in [0, 0.05) is 38.3 Å². The molecule has 2 atom stereocenters. The number of nitrogens with zero attached hydrogens (tertiary/aromatic N) is 2. The van der Waals surface area contributed by atoms with Gasteiger partial charge in [-0.2, -0.15) is 0 Å². The van der Waals surface area contributed by atoms with E-state index in [1.165, 1.54) is 32.6 Å². The monoisotopic (exact) mass is 227 g/mol. The first kappa shape index (κ1) is 13.9. The van der Waals surface area contributed by atoms with Crippen LogP contribution >= 0.6 is 0 Å². The summed E-state index contributed by atoms with van der Waals surface area (Å²) in [5.74, 6) is 0.744. The number of rotatable bonds is 5. The van der Waals surface area contributed by atoms with Crippen molar-refractivity contribution in [2.75, 3.05) is 32.7 Å². The fourth-order valence-electron chi connectivity index (χ4n) is 2.76. The van der Waals surface area contributed by atoms with E-state index in [9.17, 15) is 0 Å². The molecule has 2 N–H and O–H groups in total. The van der Waals surface area contributed by atoms with E-state index in [0.29, 0.717) is 12.1 Å². The molecule has 1 saturated heterocycles. The highest BCUT2D eigenvalue weighted by Gasteiger charge is 2.26. The SMILES string of the molecule is CCN1CCN(C(CN)CC(C)C)CC1C. The third-order valence-electron chi connectivity index (χ3n) is 3.73. The maximum absolute atomic E-state index is 5.91. The van der Waals surface area contributed by atoms with Gasteiger partial charge in [-0.15, -0.1) is 0 Å². The zero-order valence-electron chi connectivity index (χ0n) is 11.4. The van der Waals surface area contributed by atoms with Gasteiger partial charge >= 0.3 is 0 Å². The Labute approximate surface area is 101 Å². The van der Waals surface area contributed by atoms with E-state index in [1.54, 1.807) is 0 Å². The van der Waals surface area contributed by atoms with Crippen LogP contribution in [0.3, 0.4) is 0 Å². The minimum absolute atomic E-state index is 0.585. The van der Waals surface area contributed by atoms with E-state index < -0.39 is 0 Å². The molecule has 0 aromatic carbocycles. The van der Waals surface area contributed by atoms with Crippen LogP contribution in [0, 0.1) is 5.92 Å². The fraction of sp³-hybridized carbons (Fsp3) is 1.00. The van der Waals surface area contributed by atoms with E-state index in [2.05, 4.69) is 37.5 Å². The van der Waals surface area contributed by atoms with Gasteiger partial charge in [0.05, 0.1) is 0 Å². The van der Waals surface area contributed by atoms with Crippen LogP contribution < -0.4 is 5.73 Å². The van der Waals surface area contributed by atoms with Crippen molar-refractivity contribution >= 4 is 0 Å². The normalized spacial score (nSPS) is 26.2. The molecule has 0 aliphatic carbocycles. The molecule has 0 aromatic heterocycles. The van der Waals surface area contributed by atoms with Crippen LogP contribution in [0.15, 0.2) is 0 Å². The molecule has 1 aliphatic heterocycles. The second kappa shape index (κ2) is 6.58. The van der Waals surface area contributed by atoms with Crippen molar-refractivity contribution in [2.45, 2.75) is 46.2 Å². The quantitative estimate of drug-likeness (QED) is 0.770. The lowest BCUT2D eigenvalue weighted by molar-refractivity contribution is 0.0545. The molecule has 2 unspecified atom stereocenters. The first-order valence-electron chi connectivity index (χ1n) is 6.76. The van der Waals surface area contributed by atoms with Crippen molar-refractivity contribution in [1.29, 1.82) is 0 Å². The molecule has 0 saturated carbocycles. The van der Waals surface area contributed by atoms with Gasteiger partial charge in [-0.05, 0) is 25.8 Å². The van der Waals surface area contributed by atoms with E-state index in [-0.39, 0.29) is 0 Å². The van der Waals surface area contributed by atoms with E-state index >= 15 is 0 Å². The minimum Gasteiger partial charge on any atom is -0.329 e. The third-order valence-corrected chi connectivity index (χ3v) is 3.73. The number of likely N-dealkylation sites (N-methyl/N-ethyl adjacent to an activating group) is 1. The molecule has 0 radical (unpaired) electrons. The summed E-state index contributed by atoms with van der Waals surface area (Å²) in [4.78, 5) is 5.15. The lowest BCUT2D eigenvalue weighted by Crippen LogP contribution is -2.56. The van der Waals surface area contributed by atoms with Crippen molar-refractivity contribution in [3.05, 3.63) is 0 Å².